The molecule has 124 valence electrons. The molecule has 1 amide bonds. The lowest BCUT2D eigenvalue weighted by atomic mass is 10.00. The Morgan fingerprint density at radius 1 is 1.39 bits per heavy atom. The molecule has 0 saturated heterocycles. The standard InChI is InChI=1S/C15H17Cl2FN4O/c1-22-6-9(5-18)21-12(7-22)13(15(20)23)14(19)8-2-3-10(16)11(17)4-8/h2-4,9H,5-7,19H2,1H3,(H2,20,23). The van der Waals surface area contributed by atoms with Gasteiger partial charge in [0, 0.05) is 13.1 Å². The van der Waals surface area contributed by atoms with Crippen LogP contribution in [0.1, 0.15) is 5.56 Å². The van der Waals surface area contributed by atoms with Crippen molar-refractivity contribution >= 4 is 40.5 Å². The van der Waals surface area contributed by atoms with Crippen molar-refractivity contribution in [1.29, 1.82) is 0 Å². The SMILES string of the molecule is CN1CC(C(C(N)=O)=C(N)c2ccc(Cl)c(Cl)c2)=NC(CF)C1. The number of benzene rings is 1. The van der Waals surface area contributed by atoms with Crippen LogP contribution in [0.15, 0.2) is 28.8 Å². The van der Waals surface area contributed by atoms with Crippen LogP contribution < -0.4 is 11.5 Å². The molecule has 0 fully saturated rings. The normalized spacial score (nSPS) is 20.0. The summed E-state index contributed by atoms with van der Waals surface area (Å²) in [7, 11) is 1.81. The Balaban J connectivity index is 2.53. The van der Waals surface area contributed by atoms with Crippen molar-refractivity contribution in [3.63, 3.8) is 0 Å². The number of aliphatic imine (C=N–C) groups is 1. The predicted octanol–water partition coefficient (Wildman–Crippen LogP) is 1.87. The molecule has 1 aliphatic heterocycles. The minimum Gasteiger partial charge on any atom is -0.398 e. The van der Waals surface area contributed by atoms with Gasteiger partial charge < -0.3 is 11.5 Å². The molecule has 4 N–H and O–H groups in total. The lowest BCUT2D eigenvalue weighted by molar-refractivity contribution is -0.114. The highest BCUT2D eigenvalue weighted by Crippen LogP contribution is 2.26. The summed E-state index contributed by atoms with van der Waals surface area (Å²) in [6, 6.07) is 4.21. The Bertz CT molecular complexity index is 690. The number of hydrogen-bond acceptors (Lipinski definition) is 4. The zero-order valence-electron chi connectivity index (χ0n) is 12.5. The van der Waals surface area contributed by atoms with Crippen LogP contribution in [-0.2, 0) is 4.79 Å². The van der Waals surface area contributed by atoms with Crippen molar-refractivity contribution in [2.45, 2.75) is 6.04 Å². The van der Waals surface area contributed by atoms with Crippen molar-refractivity contribution in [3.8, 4) is 0 Å². The van der Waals surface area contributed by atoms with Crippen molar-refractivity contribution in [2.24, 2.45) is 16.5 Å². The number of amides is 1. The lowest BCUT2D eigenvalue weighted by Gasteiger charge is -2.28. The van der Waals surface area contributed by atoms with Gasteiger partial charge in [-0.05, 0) is 24.7 Å². The molecule has 0 spiro atoms. The first kappa shape index (κ1) is 17.7. The van der Waals surface area contributed by atoms with E-state index in [1.54, 1.807) is 18.2 Å². The van der Waals surface area contributed by atoms with E-state index in [0.717, 1.165) is 0 Å². The first-order valence-electron chi connectivity index (χ1n) is 6.90. The molecule has 1 heterocycles. The summed E-state index contributed by atoms with van der Waals surface area (Å²) < 4.78 is 13.0. The van der Waals surface area contributed by atoms with Gasteiger partial charge in [0.15, 0.2) is 0 Å². The van der Waals surface area contributed by atoms with Gasteiger partial charge in [-0.2, -0.15) is 0 Å². The summed E-state index contributed by atoms with van der Waals surface area (Å²) in [5.74, 6) is -0.722. The molecule has 0 aliphatic carbocycles. The van der Waals surface area contributed by atoms with Gasteiger partial charge in [0.1, 0.15) is 6.67 Å². The fourth-order valence-corrected chi connectivity index (χ4v) is 2.75. The third kappa shape index (κ3) is 4.02. The molecule has 1 unspecified atom stereocenters. The lowest BCUT2D eigenvalue weighted by Crippen LogP contribution is -2.42. The highest BCUT2D eigenvalue weighted by molar-refractivity contribution is 6.42. The molecular weight excluding hydrogens is 342 g/mol. The van der Waals surface area contributed by atoms with Gasteiger partial charge in [0.05, 0.1) is 33.1 Å². The molecule has 1 atom stereocenters. The van der Waals surface area contributed by atoms with E-state index in [1.165, 1.54) is 0 Å². The van der Waals surface area contributed by atoms with Gasteiger partial charge in [-0.25, -0.2) is 4.39 Å². The van der Waals surface area contributed by atoms with Crippen molar-refractivity contribution < 1.29 is 9.18 Å². The molecule has 1 aromatic carbocycles. The minimum absolute atomic E-state index is 0.0772. The number of halogens is 3. The van der Waals surface area contributed by atoms with E-state index in [2.05, 4.69) is 4.99 Å². The molecule has 1 aliphatic rings. The second-order valence-electron chi connectivity index (χ2n) is 5.36. The van der Waals surface area contributed by atoms with E-state index in [1.807, 2.05) is 11.9 Å². The molecule has 2 rings (SSSR count). The Morgan fingerprint density at radius 3 is 2.65 bits per heavy atom. The number of carbonyl (C=O) groups is 1. The van der Waals surface area contributed by atoms with Crippen LogP contribution >= 0.6 is 23.2 Å². The Kier molecular flexibility index (Phi) is 5.62. The van der Waals surface area contributed by atoms with Crippen LogP contribution in [0, 0.1) is 0 Å². The zero-order chi connectivity index (χ0) is 17.1. The fourth-order valence-electron chi connectivity index (χ4n) is 2.45. The number of likely N-dealkylation sites (N-methyl/N-ethyl adjacent to an activating group) is 1. The molecule has 0 bridgehead atoms. The average Bonchev–Trinajstić information content (AvgIpc) is 2.49. The molecule has 0 aromatic heterocycles. The number of nitrogens with two attached hydrogens (primary N) is 2. The highest BCUT2D eigenvalue weighted by Gasteiger charge is 2.26. The summed E-state index contributed by atoms with van der Waals surface area (Å²) in [6.07, 6.45) is 0. The zero-order valence-corrected chi connectivity index (χ0v) is 14.0. The van der Waals surface area contributed by atoms with Crippen molar-refractivity contribution in [1.82, 2.24) is 4.90 Å². The number of hydrogen-bond donors (Lipinski definition) is 2. The van der Waals surface area contributed by atoms with Gasteiger partial charge in [-0.1, -0.05) is 29.3 Å². The fraction of sp³-hybridized carbons (Fsp3) is 0.333. The number of rotatable bonds is 4. The first-order chi connectivity index (χ1) is 10.8. The number of primary amides is 1. The molecule has 5 nitrogen and oxygen atoms in total. The average molecular weight is 359 g/mol. The number of alkyl halides is 1. The molecule has 1 aromatic rings. The second-order valence-corrected chi connectivity index (χ2v) is 6.18. The maximum atomic E-state index is 13.0. The second kappa shape index (κ2) is 7.29. The maximum absolute atomic E-state index is 13.0. The molecule has 0 saturated carbocycles. The summed E-state index contributed by atoms with van der Waals surface area (Å²) in [6.45, 7) is 0.210. The van der Waals surface area contributed by atoms with Gasteiger partial charge in [0.2, 0.25) is 0 Å². The first-order valence-corrected chi connectivity index (χ1v) is 7.65. The van der Waals surface area contributed by atoms with Crippen molar-refractivity contribution in [3.05, 3.63) is 39.4 Å². The van der Waals surface area contributed by atoms with Crippen LogP contribution in [0.4, 0.5) is 4.39 Å². The van der Waals surface area contributed by atoms with Crippen LogP contribution in [0.25, 0.3) is 5.70 Å². The van der Waals surface area contributed by atoms with E-state index in [-0.39, 0.29) is 11.3 Å². The van der Waals surface area contributed by atoms with Crippen molar-refractivity contribution in [2.75, 3.05) is 26.8 Å². The predicted molar refractivity (Wildman–Crippen MR) is 91.5 cm³/mol. The van der Waals surface area contributed by atoms with Gasteiger partial charge in [0.25, 0.3) is 5.91 Å². The van der Waals surface area contributed by atoms with E-state index >= 15 is 0 Å². The number of nitrogens with zero attached hydrogens (tertiary/aromatic N) is 2. The van der Waals surface area contributed by atoms with E-state index in [4.69, 9.17) is 34.7 Å². The third-order valence-corrected chi connectivity index (χ3v) is 4.23. The molecule has 0 radical (unpaired) electrons. The summed E-state index contributed by atoms with van der Waals surface area (Å²) in [4.78, 5) is 18.0. The Morgan fingerprint density at radius 2 is 2.09 bits per heavy atom. The highest BCUT2D eigenvalue weighted by atomic mass is 35.5. The topological polar surface area (TPSA) is 84.7 Å². The van der Waals surface area contributed by atoms with Crippen LogP contribution in [0.5, 0.6) is 0 Å². The quantitative estimate of drug-likeness (QED) is 0.805. The van der Waals surface area contributed by atoms with Gasteiger partial charge >= 0.3 is 0 Å². The van der Waals surface area contributed by atoms with E-state index in [9.17, 15) is 9.18 Å². The molecular formula is C15H17Cl2FN4O. The summed E-state index contributed by atoms with van der Waals surface area (Å²) >= 11 is 11.9. The van der Waals surface area contributed by atoms with Crippen LogP contribution in [-0.4, -0.2) is 49.4 Å². The minimum atomic E-state index is -0.722. The third-order valence-electron chi connectivity index (χ3n) is 3.49. The molecule has 8 heteroatoms. The Hall–Kier alpha value is -1.63. The van der Waals surface area contributed by atoms with E-state index in [0.29, 0.717) is 34.4 Å². The summed E-state index contributed by atoms with van der Waals surface area (Å²) in [5, 5.41) is 0.677. The van der Waals surface area contributed by atoms with Crippen LogP contribution in [0.2, 0.25) is 10.0 Å². The van der Waals surface area contributed by atoms with E-state index < -0.39 is 18.6 Å². The largest absolute Gasteiger partial charge is 0.398 e. The number of carbonyl (C=O) groups excluding carboxylic acids is 1. The summed E-state index contributed by atoms with van der Waals surface area (Å²) in [5.41, 5.74) is 12.7. The van der Waals surface area contributed by atoms with Gasteiger partial charge in [-0.3, -0.25) is 14.7 Å². The van der Waals surface area contributed by atoms with Gasteiger partial charge in [-0.15, -0.1) is 0 Å². The van der Waals surface area contributed by atoms with Crippen LogP contribution in [0.3, 0.4) is 0 Å². The Labute approximate surface area is 143 Å². The maximum Gasteiger partial charge on any atom is 0.252 e. The monoisotopic (exact) mass is 358 g/mol. The molecule has 23 heavy (non-hydrogen) atoms. The smallest absolute Gasteiger partial charge is 0.252 e.